The van der Waals surface area contributed by atoms with Gasteiger partial charge in [0.2, 0.25) is 11.8 Å². The van der Waals surface area contributed by atoms with E-state index in [1.54, 1.807) is 0 Å². The van der Waals surface area contributed by atoms with Gasteiger partial charge in [0, 0.05) is 19.4 Å². The number of imide groups is 1. The molecule has 1 aliphatic rings. The van der Waals surface area contributed by atoms with Crippen LogP contribution in [0.3, 0.4) is 0 Å². The lowest BCUT2D eigenvalue weighted by Gasteiger charge is -2.34. The maximum absolute atomic E-state index is 11.7. The van der Waals surface area contributed by atoms with Crippen LogP contribution in [-0.2, 0) is 9.59 Å². The zero-order valence-electron chi connectivity index (χ0n) is 9.58. The van der Waals surface area contributed by atoms with E-state index in [2.05, 4.69) is 0 Å². The number of piperidine rings is 1. The van der Waals surface area contributed by atoms with Crippen molar-refractivity contribution in [2.45, 2.75) is 39.5 Å². The molecule has 1 rings (SSSR count). The molecule has 1 saturated heterocycles. The molecule has 0 atom stereocenters. The van der Waals surface area contributed by atoms with Crippen LogP contribution in [0.1, 0.15) is 39.5 Å². The molecule has 4 heteroatoms. The molecule has 1 heterocycles. The first-order valence-electron chi connectivity index (χ1n) is 5.49. The molecule has 0 unspecified atom stereocenters. The summed E-state index contributed by atoms with van der Waals surface area (Å²) in [7, 11) is 0. The molecule has 4 nitrogen and oxygen atoms in total. The van der Waals surface area contributed by atoms with Gasteiger partial charge in [0.05, 0.1) is 0 Å². The van der Waals surface area contributed by atoms with E-state index < -0.39 is 0 Å². The summed E-state index contributed by atoms with van der Waals surface area (Å²) < 4.78 is 0. The van der Waals surface area contributed by atoms with Crippen LogP contribution < -0.4 is 5.73 Å². The highest BCUT2D eigenvalue weighted by molar-refractivity contribution is 5.98. The highest BCUT2D eigenvalue weighted by atomic mass is 16.2. The van der Waals surface area contributed by atoms with Gasteiger partial charge in [-0.15, -0.1) is 0 Å². The summed E-state index contributed by atoms with van der Waals surface area (Å²) in [6.07, 6.45) is 2.62. The third-order valence-corrected chi connectivity index (χ3v) is 2.70. The minimum Gasteiger partial charge on any atom is -0.330 e. The van der Waals surface area contributed by atoms with Gasteiger partial charge in [0.25, 0.3) is 0 Å². The molecule has 0 saturated carbocycles. The summed E-state index contributed by atoms with van der Waals surface area (Å²) in [5.74, 6) is -0.0680. The highest BCUT2D eigenvalue weighted by Crippen LogP contribution is 2.31. The third kappa shape index (κ3) is 3.30. The van der Waals surface area contributed by atoms with Gasteiger partial charge in [-0.3, -0.25) is 14.5 Å². The van der Waals surface area contributed by atoms with Crippen molar-refractivity contribution >= 4 is 11.8 Å². The molecule has 2 amide bonds. The summed E-state index contributed by atoms with van der Waals surface area (Å²) >= 11 is 0. The van der Waals surface area contributed by atoms with Crippen LogP contribution in [-0.4, -0.2) is 29.8 Å². The van der Waals surface area contributed by atoms with E-state index in [0.29, 0.717) is 25.9 Å². The van der Waals surface area contributed by atoms with Gasteiger partial charge >= 0.3 is 0 Å². The average molecular weight is 212 g/mol. The first-order chi connectivity index (χ1) is 6.96. The Morgan fingerprint density at radius 2 is 1.73 bits per heavy atom. The van der Waals surface area contributed by atoms with Gasteiger partial charge in [-0.25, -0.2) is 0 Å². The first kappa shape index (κ1) is 12.2. The van der Waals surface area contributed by atoms with Crippen LogP contribution >= 0.6 is 0 Å². The van der Waals surface area contributed by atoms with E-state index in [0.717, 1.165) is 12.8 Å². The number of likely N-dealkylation sites (tertiary alicyclic amines) is 1. The monoisotopic (exact) mass is 212 g/mol. The van der Waals surface area contributed by atoms with Crippen LogP contribution in [0.2, 0.25) is 0 Å². The normalized spacial score (nSPS) is 20.9. The van der Waals surface area contributed by atoms with Gasteiger partial charge in [0.1, 0.15) is 0 Å². The highest BCUT2D eigenvalue weighted by Gasteiger charge is 2.36. The fraction of sp³-hybridized carbons (Fsp3) is 0.818. The van der Waals surface area contributed by atoms with Crippen LogP contribution in [0.5, 0.6) is 0 Å². The molecule has 0 aliphatic carbocycles. The first-order valence-corrected chi connectivity index (χ1v) is 5.49. The molecule has 86 valence electrons. The topological polar surface area (TPSA) is 63.4 Å². The molecular formula is C11H20N2O2. The summed E-state index contributed by atoms with van der Waals surface area (Å²) in [6, 6.07) is 0. The number of carbonyl (C=O) groups is 2. The van der Waals surface area contributed by atoms with E-state index in [-0.39, 0.29) is 17.2 Å². The summed E-state index contributed by atoms with van der Waals surface area (Å²) in [4.78, 5) is 24.8. The Bertz CT molecular complexity index is 241. The molecule has 0 aromatic rings. The molecule has 0 aromatic carbocycles. The lowest BCUT2D eigenvalue weighted by atomic mass is 9.82. The zero-order chi connectivity index (χ0) is 11.5. The minimum atomic E-state index is -0.168. The van der Waals surface area contributed by atoms with Gasteiger partial charge < -0.3 is 5.73 Å². The van der Waals surface area contributed by atoms with Crippen molar-refractivity contribution < 1.29 is 9.59 Å². The Labute approximate surface area is 90.8 Å². The lowest BCUT2D eigenvalue weighted by Crippen LogP contribution is -2.46. The van der Waals surface area contributed by atoms with Gasteiger partial charge in [0.15, 0.2) is 0 Å². The maximum Gasteiger partial charge on any atom is 0.229 e. The second-order valence-electron chi connectivity index (χ2n) is 4.95. The van der Waals surface area contributed by atoms with E-state index in [4.69, 9.17) is 5.73 Å². The van der Waals surface area contributed by atoms with E-state index in [1.165, 1.54) is 4.90 Å². The standard InChI is InChI=1S/C11H20N2O2/c1-11(2)7-9(14)13(10(15)8-11)6-4-3-5-12/h3-8,12H2,1-2H3. The molecule has 2 N–H and O–H groups in total. The number of unbranched alkanes of at least 4 members (excludes halogenated alkanes) is 1. The predicted octanol–water partition coefficient (Wildman–Crippen LogP) is 0.901. The van der Waals surface area contributed by atoms with Crippen LogP contribution in [0.25, 0.3) is 0 Å². The molecule has 0 bridgehead atoms. The molecule has 1 aliphatic heterocycles. The number of hydrogen-bond acceptors (Lipinski definition) is 3. The van der Waals surface area contributed by atoms with Crippen molar-refractivity contribution in [3.05, 3.63) is 0 Å². The van der Waals surface area contributed by atoms with Crippen molar-refractivity contribution in [3.63, 3.8) is 0 Å². The van der Waals surface area contributed by atoms with Crippen LogP contribution in [0.15, 0.2) is 0 Å². The van der Waals surface area contributed by atoms with E-state index in [9.17, 15) is 9.59 Å². The Hall–Kier alpha value is -0.900. The largest absolute Gasteiger partial charge is 0.330 e. The van der Waals surface area contributed by atoms with Crippen molar-refractivity contribution in [1.29, 1.82) is 0 Å². The third-order valence-electron chi connectivity index (χ3n) is 2.70. The van der Waals surface area contributed by atoms with Crippen molar-refractivity contribution in [3.8, 4) is 0 Å². The number of nitrogens with zero attached hydrogens (tertiary/aromatic N) is 1. The quantitative estimate of drug-likeness (QED) is 0.556. The maximum atomic E-state index is 11.7. The molecule has 0 radical (unpaired) electrons. The summed E-state index contributed by atoms with van der Waals surface area (Å²) in [5, 5.41) is 0. The average Bonchev–Trinajstić information content (AvgIpc) is 2.08. The lowest BCUT2D eigenvalue weighted by molar-refractivity contribution is -0.152. The Morgan fingerprint density at radius 1 is 1.20 bits per heavy atom. The molecule has 15 heavy (non-hydrogen) atoms. The zero-order valence-corrected chi connectivity index (χ0v) is 9.58. The number of rotatable bonds is 4. The van der Waals surface area contributed by atoms with E-state index >= 15 is 0 Å². The fourth-order valence-corrected chi connectivity index (χ4v) is 1.87. The molecule has 0 spiro atoms. The molecule has 0 aromatic heterocycles. The fourth-order valence-electron chi connectivity index (χ4n) is 1.87. The molecular weight excluding hydrogens is 192 g/mol. The van der Waals surface area contributed by atoms with Crippen molar-refractivity contribution in [1.82, 2.24) is 4.90 Å². The van der Waals surface area contributed by atoms with Gasteiger partial charge in [-0.2, -0.15) is 0 Å². The second-order valence-corrected chi connectivity index (χ2v) is 4.95. The number of carbonyl (C=O) groups excluding carboxylic acids is 2. The minimum absolute atomic E-state index is 0.0340. The van der Waals surface area contributed by atoms with E-state index in [1.807, 2.05) is 13.8 Å². The van der Waals surface area contributed by atoms with Gasteiger partial charge in [-0.1, -0.05) is 13.8 Å². The van der Waals surface area contributed by atoms with Crippen LogP contribution in [0.4, 0.5) is 0 Å². The Morgan fingerprint density at radius 3 is 2.20 bits per heavy atom. The van der Waals surface area contributed by atoms with Crippen molar-refractivity contribution in [2.75, 3.05) is 13.1 Å². The number of amides is 2. The van der Waals surface area contributed by atoms with Crippen molar-refractivity contribution in [2.24, 2.45) is 11.1 Å². The smallest absolute Gasteiger partial charge is 0.229 e. The summed E-state index contributed by atoms with van der Waals surface area (Å²) in [5.41, 5.74) is 5.20. The Balaban J connectivity index is 2.52. The second kappa shape index (κ2) is 4.75. The predicted molar refractivity (Wildman–Crippen MR) is 58.0 cm³/mol. The number of nitrogens with two attached hydrogens (primary N) is 1. The van der Waals surface area contributed by atoms with Crippen LogP contribution in [0, 0.1) is 5.41 Å². The number of hydrogen-bond donors (Lipinski definition) is 1. The Kier molecular flexibility index (Phi) is 3.85. The van der Waals surface area contributed by atoms with Gasteiger partial charge in [-0.05, 0) is 24.8 Å². The molecule has 1 fully saturated rings. The SMILES string of the molecule is CC1(C)CC(=O)N(CCCCN)C(=O)C1. The summed E-state index contributed by atoms with van der Waals surface area (Å²) in [6.45, 7) is 5.06.